The van der Waals surface area contributed by atoms with Crippen LogP contribution < -0.4 is 5.32 Å². The Labute approximate surface area is 119 Å². The Hall–Kier alpha value is -1.66. The minimum Gasteiger partial charge on any atom is -0.478 e. The lowest BCUT2D eigenvalue weighted by molar-refractivity contribution is 0.0690. The van der Waals surface area contributed by atoms with E-state index in [2.05, 4.69) is 10.3 Å². The smallest absolute Gasteiger partial charge is 0.339 e. The first-order chi connectivity index (χ1) is 9.65. The van der Waals surface area contributed by atoms with E-state index in [0.717, 1.165) is 18.5 Å². The fraction of sp³-hybridized carbons (Fsp3) is 0.571. The summed E-state index contributed by atoms with van der Waals surface area (Å²) < 4.78 is 10.2. The molecular weight excluding hydrogens is 260 g/mol. The fourth-order valence-corrected chi connectivity index (χ4v) is 1.64. The molecule has 0 radical (unpaired) electrons. The Kier molecular flexibility index (Phi) is 7.60. The number of hydrogen-bond donors (Lipinski definition) is 2. The number of rotatable bonds is 10. The predicted molar refractivity (Wildman–Crippen MR) is 76.4 cm³/mol. The van der Waals surface area contributed by atoms with Gasteiger partial charge in [0.15, 0.2) is 0 Å². The molecule has 0 saturated carbocycles. The van der Waals surface area contributed by atoms with Crippen molar-refractivity contribution in [2.75, 3.05) is 38.8 Å². The highest BCUT2D eigenvalue weighted by Crippen LogP contribution is 2.13. The van der Waals surface area contributed by atoms with Gasteiger partial charge in [0, 0.05) is 26.0 Å². The molecule has 0 unspecified atom stereocenters. The summed E-state index contributed by atoms with van der Waals surface area (Å²) in [6.07, 6.45) is 1.80. The molecule has 20 heavy (non-hydrogen) atoms. The van der Waals surface area contributed by atoms with Crippen LogP contribution in [0.25, 0.3) is 0 Å². The van der Waals surface area contributed by atoms with Crippen molar-refractivity contribution in [1.29, 1.82) is 0 Å². The van der Waals surface area contributed by atoms with Crippen LogP contribution in [0.1, 0.15) is 28.9 Å². The number of carboxylic acids is 1. The second-order valence-corrected chi connectivity index (χ2v) is 4.39. The summed E-state index contributed by atoms with van der Waals surface area (Å²) in [5.41, 5.74) is 0.993. The maximum atomic E-state index is 11.1. The number of aromatic nitrogens is 1. The lowest BCUT2D eigenvalue weighted by Gasteiger charge is -2.09. The van der Waals surface area contributed by atoms with Crippen LogP contribution in [0.15, 0.2) is 12.1 Å². The molecule has 112 valence electrons. The third-order valence-electron chi connectivity index (χ3n) is 2.70. The molecule has 1 aromatic rings. The first-order valence-electron chi connectivity index (χ1n) is 6.66. The molecule has 0 aromatic carbocycles. The SMILES string of the molecule is COCCOCCCCNc1nc(C)ccc1C(=O)O. The molecule has 1 heterocycles. The summed E-state index contributed by atoms with van der Waals surface area (Å²) in [7, 11) is 1.64. The van der Waals surface area contributed by atoms with Gasteiger partial charge in [0.05, 0.1) is 13.2 Å². The Morgan fingerprint density at radius 1 is 1.30 bits per heavy atom. The second-order valence-electron chi connectivity index (χ2n) is 4.39. The average molecular weight is 282 g/mol. The van der Waals surface area contributed by atoms with E-state index in [-0.39, 0.29) is 5.56 Å². The highest BCUT2D eigenvalue weighted by atomic mass is 16.5. The van der Waals surface area contributed by atoms with Crippen molar-refractivity contribution in [3.05, 3.63) is 23.4 Å². The van der Waals surface area contributed by atoms with Crippen LogP contribution in [0.4, 0.5) is 5.82 Å². The van der Waals surface area contributed by atoms with Crippen LogP contribution in [0.2, 0.25) is 0 Å². The van der Waals surface area contributed by atoms with Gasteiger partial charge in [-0.25, -0.2) is 9.78 Å². The number of pyridine rings is 1. The van der Waals surface area contributed by atoms with Crippen LogP contribution >= 0.6 is 0 Å². The first kappa shape index (κ1) is 16.4. The number of aromatic carboxylic acids is 1. The van der Waals surface area contributed by atoms with Crippen molar-refractivity contribution in [1.82, 2.24) is 4.98 Å². The lowest BCUT2D eigenvalue weighted by atomic mass is 10.2. The Bertz CT molecular complexity index is 424. The summed E-state index contributed by atoms with van der Waals surface area (Å²) in [5, 5.41) is 12.1. The van der Waals surface area contributed by atoms with E-state index in [1.807, 2.05) is 6.92 Å². The number of unbranched alkanes of at least 4 members (excludes halogenated alkanes) is 1. The number of nitrogens with one attached hydrogen (secondary N) is 1. The molecule has 6 heteroatoms. The zero-order chi connectivity index (χ0) is 14.8. The highest BCUT2D eigenvalue weighted by molar-refractivity contribution is 5.93. The molecule has 0 amide bonds. The minimum absolute atomic E-state index is 0.201. The Morgan fingerprint density at radius 2 is 2.10 bits per heavy atom. The summed E-state index contributed by atoms with van der Waals surface area (Å²) >= 11 is 0. The molecule has 0 fully saturated rings. The topological polar surface area (TPSA) is 80.7 Å². The van der Waals surface area contributed by atoms with Crippen LogP contribution in [-0.2, 0) is 9.47 Å². The molecule has 0 aliphatic heterocycles. The van der Waals surface area contributed by atoms with E-state index >= 15 is 0 Å². The van der Waals surface area contributed by atoms with E-state index < -0.39 is 5.97 Å². The average Bonchev–Trinajstić information content (AvgIpc) is 2.41. The van der Waals surface area contributed by atoms with Gasteiger partial charge in [-0.3, -0.25) is 0 Å². The van der Waals surface area contributed by atoms with Crippen molar-refractivity contribution in [2.45, 2.75) is 19.8 Å². The highest BCUT2D eigenvalue weighted by Gasteiger charge is 2.10. The monoisotopic (exact) mass is 282 g/mol. The number of aryl methyl sites for hydroxylation is 1. The van der Waals surface area contributed by atoms with Crippen LogP contribution in [-0.4, -0.2) is 49.5 Å². The van der Waals surface area contributed by atoms with Gasteiger partial charge in [-0.15, -0.1) is 0 Å². The number of methoxy groups -OCH3 is 1. The van der Waals surface area contributed by atoms with Crippen molar-refractivity contribution < 1.29 is 19.4 Å². The zero-order valence-electron chi connectivity index (χ0n) is 12.0. The number of carbonyl (C=O) groups is 1. The van der Waals surface area contributed by atoms with Gasteiger partial charge >= 0.3 is 5.97 Å². The lowest BCUT2D eigenvalue weighted by Crippen LogP contribution is -2.11. The van der Waals surface area contributed by atoms with Crippen LogP contribution in [0.5, 0.6) is 0 Å². The van der Waals surface area contributed by atoms with E-state index in [1.54, 1.807) is 19.2 Å². The molecule has 0 aliphatic carbocycles. The largest absolute Gasteiger partial charge is 0.478 e. The van der Waals surface area contributed by atoms with Crippen LogP contribution in [0.3, 0.4) is 0 Å². The van der Waals surface area contributed by atoms with Crippen molar-refractivity contribution in [3.8, 4) is 0 Å². The number of carboxylic acid groups (broad SMARTS) is 1. The number of hydrogen-bond acceptors (Lipinski definition) is 5. The van der Waals surface area contributed by atoms with Gasteiger partial charge in [-0.2, -0.15) is 0 Å². The Balaban J connectivity index is 2.28. The molecule has 0 spiro atoms. The van der Waals surface area contributed by atoms with Crippen molar-refractivity contribution in [3.63, 3.8) is 0 Å². The molecule has 6 nitrogen and oxygen atoms in total. The van der Waals surface area contributed by atoms with Gasteiger partial charge < -0.3 is 19.9 Å². The molecule has 1 aromatic heterocycles. The number of anilines is 1. The normalized spacial score (nSPS) is 10.5. The Morgan fingerprint density at radius 3 is 2.80 bits per heavy atom. The van der Waals surface area contributed by atoms with Crippen molar-refractivity contribution >= 4 is 11.8 Å². The fourth-order valence-electron chi connectivity index (χ4n) is 1.64. The standard InChI is InChI=1S/C14H22N2O4/c1-11-5-6-12(14(17)18)13(16-11)15-7-3-4-8-20-10-9-19-2/h5-6H,3-4,7-10H2,1-2H3,(H,15,16)(H,17,18). The maximum Gasteiger partial charge on any atom is 0.339 e. The summed E-state index contributed by atoms with van der Waals surface area (Å²) in [4.78, 5) is 15.3. The third kappa shape index (κ3) is 5.99. The molecule has 1 rings (SSSR count). The third-order valence-corrected chi connectivity index (χ3v) is 2.70. The quantitative estimate of drug-likeness (QED) is 0.638. The van der Waals surface area contributed by atoms with Gasteiger partial charge in [0.2, 0.25) is 0 Å². The maximum absolute atomic E-state index is 11.1. The summed E-state index contributed by atoms with van der Waals surface area (Å²) in [6, 6.07) is 3.26. The van der Waals surface area contributed by atoms with E-state index in [1.165, 1.54) is 0 Å². The predicted octanol–water partition coefficient (Wildman–Crippen LogP) is 1.94. The first-order valence-corrected chi connectivity index (χ1v) is 6.66. The van der Waals surface area contributed by atoms with E-state index in [0.29, 0.717) is 32.2 Å². The van der Waals surface area contributed by atoms with Crippen molar-refractivity contribution in [2.24, 2.45) is 0 Å². The zero-order valence-corrected chi connectivity index (χ0v) is 12.0. The summed E-state index contributed by atoms with van der Waals surface area (Å²) in [5.74, 6) is -0.541. The van der Waals surface area contributed by atoms with E-state index in [4.69, 9.17) is 14.6 Å². The van der Waals surface area contributed by atoms with Gasteiger partial charge in [0.1, 0.15) is 11.4 Å². The van der Waals surface area contributed by atoms with Gasteiger partial charge in [-0.05, 0) is 31.9 Å². The molecule has 0 aliphatic rings. The molecule has 2 N–H and O–H groups in total. The number of nitrogens with zero attached hydrogens (tertiary/aromatic N) is 1. The summed E-state index contributed by atoms with van der Waals surface area (Å²) in [6.45, 7) is 4.39. The van der Waals surface area contributed by atoms with Crippen LogP contribution in [0, 0.1) is 6.92 Å². The molecule has 0 atom stereocenters. The molecule has 0 bridgehead atoms. The molecule has 0 saturated heterocycles. The minimum atomic E-state index is -0.970. The molecular formula is C14H22N2O4. The van der Waals surface area contributed by atoms with Gasteiger partial charge in [-0.1, -0.05) is 0 Å². The van der Waals surface area contributed by atoms with E-state index in [9.17, 15) is 4.79 Å². The second kappa shape index (κ2) is 9.28. The van der Waals surface area contributed by atoms with Gasteiger partial charge in [0.25, 0.3) is 0 Å². The number of ether oxygens (including phenoxy) is 2.